The highest BCUT2D eigenvalue weighted by atomic mass is 79.9. The van der Waals surface area contributed by atoms with Crippen LogP contribution >= 0.6 is 15.9 Å². The molecule has 0 unspecified atom stereocenters. The van der Waals surface area contributed by atoms with Crippen LogP contribution in [0, 0.1) is 17.0 Å². The van der Waals surface area contributed by atoms with E-state index >= 15 is 0 Å². The van der Waals surface area contributed by atoms with Gasteiger partial charge in [0.15, 0.2) is 0 Å². The van der Waals surface area contributed by atoms with Gasteiger partial charge in [-0.2, -0.15) is 0 Å². The summed E-state index contributed by atoms with van der Waals surface area (Å²) in [5, 5.41) is 20.3. The zero-order valence-electron chi connectivity index (χ0n) is 10.6. The predicted octanol–water partition coefficient (Wildman–Crippen LogP) is 4.12. The van der Waals surface area contributed by atoms with Crippen molar-refractivity contribution in [1.82, 2.24) is 0 Å². The molecule has 20 heavy (non-hydrogen) atoms. The number of phenolic OH excluding ortho intramolecular Hbond substituents is 1. The van der Waals surface area contributed by atoms with Gasteiger partial charge in [-0.15, -0.1) is 0 Å². The third-order valence-corrected chi connectivity index (χ3v) is 3.43. The summed E-state index contributed by atoms with van der Waals surface area (Å²) in [7, 11) is 0. The Morgan fingerprint density at radius 3 is 2.75 bits per heavy atom. The predicted molar refractivity (Wildman–Crippen MR) is 80.9 cm³/mol. The lowest BCUT2D eigenvalue weighted by molar-refractivity contribution is -0.385. The lowest BCUT2D eigenvalue weighted by Gasteiger charge is -2.01. The van der Waals surface area contributed by atoms with Crippen LogP contribution in [0.4, 0.5) is 11.4 Å². The number of halogens is 1. The number of hydrogen-bond donors (Lipinski definition) is 1. The summed E-state index contributed by atoms with van der Waals surface area (Å²) in [6.45, 7) is 1.66. The van der Waals surface area contributed by atoms with Crippen LogP contribution in [-0.2, 0) is 0 Å². The Morgan fingerprint density at radius 1 is 1.35 bits per heavy atom. The normalized spacial score (nSPS) is 10.9. The van der Waals surface area contributed by atoms with E-state index in [2.05, 4.69) is 20.9 Å². The third kappa shape index (κ3) is 3.03. The number of nitro benzene ring substituents is 1. The van der Waals surface area contributed by atoms with Gasteiger partial charge < -0.3 is 5.11 Å². The van der Waals surface area contributed by atoms with Gasteiger partial charge in [-0.1, -0.05) is 6.07 Å². The van der Waals surface area contributed by atoms with E-state index in [1.54, 1.807) is 43.5 Å². The van der Waals surface area contributed by atoms with Crippen LogP contribution in [0.1, 0.15) is 11.1 Å². The average molecular weight is 335 g/mol. The molecular weight excluding hydrogens is 324 g/mol. The van der Waals surface area contributed by atoms with Crippen molar-refractivity contribution >= 4 is 33.5 Å². The molecule has 0 aliphatic rings. The van der Waals surface area contributed by atoms with Crippen LogP contribution in [0.3, 0.4) is 0 Å². The van der Waals surface area contributed by atoms with E-state index in [0.717, 1.165) is 5.56 Å². The number of aliphatic imine (C=N–C) groups is 1. The molecule has 0 fully saturated rings. The van der Waals surface area contributed by atoms with Crippen molar-refractivity contribution in [3.8, 4) is 5.75 Å². The van der Waals surface area contributed by atoms with Gasteiger partial charge in [0, 0.05) is 12.3 Å². The van der Waals surface area contributed by atoms with Crippen molar-refractivity contribution in [1.29, 1.82) is 0 Å². The molecule has 2 aromatic carbocycles. The largest absolute Gasteiger partial charge is 0.507 e. The van der Waals surface area contributed by atoms with Crippen molar-refractivity contribution in [2.75, 3.05) is 0 Å². The first-order valence-electron chi connectivity index (χ1n) is 5.75. The molecule has 0 bridgehead atoms. The van der Waals surface area contributed by atoms with Gasteiger partial charge in [0.2, 0.25) is 0 Å². The molecular formula is C14H11BrN2O3. The molecule has 0 spiro atoms. The highest BCUT2D eigenvalue weighted by Crippen LogP contribution is 2.28. The standard InChI is InChI=1S/C14H11BrN2O3/c1-9-12(3-2-4-13(9)17(19)20)16-8-10-5-6-14(18)11(15)7-10/h2-8,18H,1H3. The number of nitro groups is 1. The molecule has 0 saturated heterocycles. The van der Waals surface area contributed by atoms with Gasteiger partial charge in [0.05, 0.1) is 20.6 Å². The van der Waals surface area contributed by atoms with Crippen molar-refractivity contribution in [2.45, 2.75) is 6.92 Å². The number of benzene rings is 2. The van der Waals surface area contributed by atoms with Crippen LogP contribution < -0.4 is 0 Å². The van der Waals surface area contributed by atoms with E-state index in [9.17, 15) is 15.2 Å². The number of phenols is 1. The minimum Gasteiger partial charge on any atom is -0.507 e. The Labute approximate surface area is 123 Å². The minimum atomic E-state index is -0.425. The van der Waals surface area contributed by atoms with Crippen LogP contribution in [-0.4, -0.2) is 16.2 Å². The highest BCUT2D eigenvalue weighted by molar-refractivity contribution is 9.10. The Bertz CT molecular complexity index is 699. The molecule has 2 rings (SSSR count). The first-order valence-corrected chi connectivity index (χ1v) is 6.55. The van der Waals surface area contributed by atoms with Gasteiger partial charge in [0.1, 0.15) is 5.75 Å². The van der Waals surface area contributed by atoms with E-state index < -0.39 is 4.92 Å². The molecule has 6 heteroatoms. The molecule has 5 nitrogen and oxygen atoms in total. The Balaban J connectivity index is 2.34. The molecule has 0 heterocycles. The van der Waals surface area contributed by atoms with Crippen LogP contribution in [0.2, 0.25) is 0 Å². The second-order valence-corrected chi connectivity index (χ2v) is 5.00. The molecule has 0 radical (unpaired) electrons. The second-order valence-electron chi connectivity index (χ2n) is 4.15. The fraction of sp³-hybridized carbons (Fsp3) is 0.0714. The Kier molecular flexibility index (Phi) is 4.14. The summed E-state index contributed by atoms with van der Waals surface area (Å²) in [6.07, 6.45) is 1.59. The van der Waals surface area contributed by atoms with Crippen LogP contribution in [0.25, 0.3) is 0 Å². The summed E-state index contributed by atoms with van der Waals surface area (Å²) in [5.41, 5.74) is 1.89. The maximum absolute atomic E-state index is 10.9. The van der Waals surface area contributed by atoms with Gasteiger partial charge in [-0.25, -0.2) is 0 Å². The monoisotopic (exact) mass is 334 g/mol. The molecule has 0 amide bonds. The summed E-state index contributed by atoms with van der Waals surface area (Å²) >= 11 is 3.22. The van der Waals surface area contributed by atoms with E-state index in [1.807, 2.05) is 0 Å². The van der Waals surface area contributed by atoms with E-state index in [0.29, 0.717) is 15.7 Å². The lowest BCUT2D eigenvalue weighted by atomic mass is 10.1. The number of rotatable bonds is 3. The average Bonchev–Trinajstić information content (AvgIpc) is 2.41. The molecule has 0 aliphatic heterocycles. The van der Waals surface area contributed by atoms with Crippen molar-refractivity contribution in [2.24, 2.45) is 4.99 Å². The maximum atomic E-state index is 10.9. The van der Waals surface area contributed by atoms with Crippen molar-refractivity contribution in [3.05, 3.63) is 62.1 Å². The molecule has 0 atom stereocenters. The molecule has 1 N–H and O–H groups in total. The van der Waals surface area contributed by atoms with Gasteiger partial charge in [-0.05, 0) is 52.7 Å². The fourth-order valence-corrected chi connectivity index (χ4v) is 2.09. The van der Waals surface area contributed by atoms with Crippen molar-refractivity contribution < 1.29 is 10.0 Å². The third-order valence-electron chi connectivity index (χ3n) is 2.80. The fourth-order valence-electron chi connectivity index (χ4n) is 1.70. The van der Waals surface area contributed by atoms with Gasteiger partial charge in [0.25, 0.3) is 5.69 Å². The first-order chi connectivity index (χ1) is 9.49. The molecule has 0 aromatic heterocycles. The highest BCUT2D eigenvalue weighted by Gasteiger charge is 2.12. The zero-order valence-corrected chi connectivity index (χ0v) is 12.2. The molecule has 0 saturated carbocycles. The van der Waals surface area contributed by atoms with Crippen LogP contribution in [0.5, 0.6) is 5.75 Å². The summed E-state index contributed by atoms with van der Waals surface area (Å²) in [5.74, 6) is 0.147. The van der Waals surface area contributed by atoms with Gasteiger partial charge in [-0.3, -0.25) is 15.1 Å². The SMILES string of the molecule is Cc1c(N=Cc2ccc(O)c(Br)c2)cccc1[N+](=O)[O-]. The topological polar surface area (TPSA) is 75.7 Å². The van der Waals surface area contributed by atoms with E-state index in [1.165, 1.54) is 6.07 Å². The summed E-state index contributed by atoms with van der Waals surface area (Å²) in [6, 6.07) is 9.73. The maximum Gasteiger partial charge on any atom is 0.274 e. The smallest absolute Gasteiger partial charge is 0.274 e. The number of nitrogens with zero attached hydrogens (tertiary/aromatic N) is 2. The summed E-state index contributed by atoms with van der Waals surface area (Å²) in [4.78, 5) is 14.7. The van der Waals surface area contributed by atoms with E-state index in [-0.39, 0.29) is 11.4 Å². The number of aromatic hydroxyl groups is 1. The molecule has 2 aromatic rings. The molecule has 102 valence electrons. The lowest BCUT2D eigenvalue weighted by Crippen LogP contribution is -1.91. The van der Waals surface area contributed by atoms with Gasteiger partial charge >= 0.3 is 0 Å². The Hall–Kier alpha value is -2.21. The molecule has 0 aliphatic carbocycles. The number of hydrogen-bond acceptors (Lipinski definition) is 4. The zero-order chi connectivity index (χ0) is 14.7. The first kappa shape index (κ1) is 14.2. The van der Waals surface area contributed by atoms with Crippen molar-refractivity contribution in [3.63, 3.8) is 0 Å². The Morgan fingerprint density at radius 2 is 2.10 bits per heavy atom. The second kappa shape index (κ2) is 5.83. The summed E-state index contributed by atoms with van der Waals surface area (Å²) < 4.78 is 0.567. The van der Waals surface area contributed by atoms with E-state index in [4.69, 9.17) is 0 Å². The minimum absolute atomic E-state index is 0.0477. The van der Waals surface area contributed by atoms with Crippen LogP contribution in [0.15, 0.2) is 45.9 Å². The quantitative estimate of drug-likeness (QED) is 0.521.